The molecule has 1 fully saturated rings. The molecule has 0 saturated heterocycles. The number of carbonyl (C=O) groups is 2. The summed E-state index contributed by atoms with van der Waals surface area (Å²) >= 11 is 0. The van der Waals surface area contributed by atoms with Crippen molar-refractivity contribution in [2.75, 3.05) is 5.32 Å². The van der Waals surface area contributed by atoms with Gasteiger partial charge in [-0.15, -0.1) is 0 Å². The maximum absolute atomic E-state index is 13.8. The predicted molar refractivity (Wildman–Crippen MR) is 67.3 cm³/mol. The van der Waals surface area contributed by atoms with Crippen molar-refractivity contribution in [2.45, 2.75) is 30.8 Å². The summed E-state index contributed by atoms with van der Waals surface area (Å²) in [6.45, 7) is 0. The zero-order valence-electron chi connectivity index (χ0n) is 10.8. The summed E-state index contributed by atoms with van der Waals surface area (Å²) in [4.78, 5) is 22.6. The summed E-state index contributed by atoms with van der Waals surface area (Å²) in [7, 11) is 0. The average molecular weight is 302 g/mol. The number of nitrogens with one attached hydrogen (secondary N) is 1. The fraction of sp³-hybridized carbons (Fsp3) is 0.385. The lowest BCUT2D eigenvalue weighted by Crippen LogP contribution is -2.59. The van der Waals surface area contributed by atoms with Gasteiger partial charge in [0.2, 0.25) is 0 Å². The van der Waals surface area contributed by atoms with Gasteiger partial charge in [-0.2, -0.15) is 8.78 Å². The van der Waals surface area contributed by atoms with E-state index in [9.17, 15) is 27.9 Å². The first-order chi connectivity index (χ1) is 9.67. The lowest BCUT2D eigenvalue weighted by Gasteiger charge is -2.41. The molecule has 1 aliphatic carbocycles. The molecule has 0 spiro atoms. The highest BCUT2D eigenvalue weighted by molar-refractivity contribution is 5.99. The van der Waals surface area contributed by atoms with E-state index in [1.165, 1.54) is 0 Å². The van der Waals surface area contributed by atoms with Crippen molar-refractivity contribution in [3.8, 4) is 0 Å². The number of alkyl halides is 2. The Kier molecular flexibility index (Phi) is 3.66. The van der Waals surface area contributed by atoms with Crippen molar-refractivity contribution in [2.24, 2.45) is 5.73 Å². The van der Waals surface area contributed by atoms with Crippen molar-refractivity contribution in [1.82, 2.24) is 0 Å². The molecule has 8 heteroatoms. The quantitative estimate of drug-likeness (QED) is 0.785. The second kappa shape index (κ2) is 5.03. The van der Waals surface area contributed by atoms with Crippen molar-refractivity contribution >= 4 is 17.5 Å². The van der Waals surface area contributed by atoms with Gasteiger partial charge in [0.25, 0.3) is 11.8 Å². The molecule has 0 atom stereocenters. The van der Waals surface area contributed by atoms with Crippen LogP contribution in [0.25, 0.3) is 0 Å². The highest BCUT2D eigenvalue weighted by Gasteiger charge is 2.61. The van der Waals surface area contributed by atoms with Gasteiger partial charge in [0.1, 0.15) is 11.4 Å². The van der Waals surface area contributed by atoms with Crippen molar-refractivity contribution in [3.05, 3.63) is 29.6 Å². The summed E-state index contributed by atoms with van der Waals surface area (Å²) in [5, 5.41) is 11.5. The van der Waals surface area contributed by atoms with Crippen LogP contribution >= 0.6 is 0 Å². The number of aliphatic hydroxyl groups is 1. The van der Waals surface area contributed by atoms with Crippen LogP contribution in [0.15, 0.2) is 18.2 Å². The number of amides is 2. The molecule has 21 heavy (non-hydrogen) atoms. The third-order valence-electron chi connectivity index (χ3n) is 3.54. The molecule has 1 aliphatic rings. The van der Waals surface area contributed by atoms with Gasteiger partial charge >= 0.3 is 5.92 Å². The van der Waals surface area contributed by atoms with E-state index >= 15 is 0 Å². The van der Waals surface area contributed by atoms with Gasteiger partial charge in [0.05, 0.1) is 5.56 Å². The van der Waals surface area contributed by atoms with Crippen LogP contribution in [0.2, 0.25) is 0 Å². The Bertz CT molecular complexity index is 600. The van der Waals surface area contributed by atoms with Crippen LogP contribution in [0.1, 0.15) is 29.6 Å². The molecule has 2 rings (SSSR count). The number of halogens is 3. The van der Waals surface area contributed by atoms with Crippen LogP contribution in [-0.2, 0) is 4.79 Å². The Morgan fingerprint density at radius 3 is 2.43 bits per heavy atom. The van der Waals surface area contributed by atoms with E-state index in [4.69, 9.17) is 5.73 Å². The average Bonchev–Trinajstić information content (AvgIpc) is 2.37. The van der Waals surface area contributed by atoms with Gasteiger partial charge in [0.15, 0.2) is 0 Å². The number of carbonyl (C=O) groups excluding carboxylic acids is 2. The lowest BCUT2D eigenvalue weighted by atomic mass is 9.75. The van der Waals surface area contributed by atoms with Crippen LogP contribution in [0, 0.1) is 5.82 Å². The van der Waals surface area contributed by atoms with Crippen LogP contribution in [-0.4, -0.2) is 28.4 Å². The van der Waals surface area contributed by atoms with Gasteiger partial charge in [-0.25, -0.2) is 4.39 Å². The Morgan fingerprint density at radius 1 is 1.33 bits per heavy atom. The van der Waals surface area contributed by atoms with E-state index in [0.29, 0.717) is 6.42 Å². The Labute approximate surface area is 117 Å². The standard InChI is InChI=1S/C13H13F3N2O3/c14-9-3-2-7(6-8(9)10(17)19)18-11(20)13(15,16)12(21)4-1-5-12/h2-3,6,21H,1,4-5H2,(H2,17,19)(H,18,20). The molecular weight excluding hydrogens is 289 g/mol. The third-order valence-corrected chi connectivity index (χ3v) is 3.54. The molecule has 5 nitrogen and oxygen atoms in total. The molecule has 2 amide bonds. The van der Waals surface area contributed by atoms with Crippen LogP contribution in [0.3, 0.4) is 0 Å². The van der Waals surface area contributed by atoms with E-state index in [1.54, 1.807) is 0 Å². The minimum Gasteiger partial charge on any atom is -0.383 e. The highest BCUT2D eigenvalue weighted by Crippen LogP contribution is 2.44. The maximum atomic E-state index is 13.8. The van der Waals surface area contributed by atoms with Crippen molar-refractivity contribution in [1.29, 1.82) is 0 Å². The zero-order chi connectivity index (χ0) is 15.8. The Balaban J connectivity index is 2.20. The molecule has 0 radical (unpaired) electrons. The topological polar surface area (TPSA) is 92.4 Å². The molecule has 0 heterocycles. The van der Waals surface area contributed by atoms with Gasteiger partial charge in [0, 0.05) is 5.69 Å². The molecule has 114 valence electrons. The normalized spacial score (nSPS) is 17.0. The molecule has 0 bridgehead atoms. The smallest absolute Gasteiger partial charge is 0.352 e. The summed E-state index contributed by atoms with van der Waals surface area (Å²) in [6.07, 6.45) is 0.0501. The zero-order valence-corrected chi connectivity index (χ0v) is 10.8. The minimum atomic E-state index is -3.98. The van der Waals surface area contributed by atoms with E-state index in [0.717, 1.165) is 18.2 Å². The van der Waals surface area contributed by atoms with Gasteiger partial charge in [-0.05, 0) is 37.5 Å². The minimum absolute atomic E-state index is 0.177. The summed E-state index contributed by atoms with van der Waals surface area (Å²) in [5.74, 6) is -7.71. The van der Waals surface area contributed by atoms with Crippen molar-refractivity contribution < 1.29 is 27.9 Å². The summed E-state index contributed by atoms with van der Waals surface area (Å²) in [5.41, 5.74) is 1.82. The first-order valence-electron chi connectivity index (χ1n) is 6.18. The highest BCUT2D eigenvalue weighted by atomic mass is 19.3. The van der Waals surface area contributed by atoms with Crippen molar-refractivity contribution in [3.63, 3.8) is 0 Å². The Hall–Kier alpha value is -2.09. The van der Waals surface area contributed by atoms with E-state index in [2.05, 4.69) is 0 Å². The fourth-order valence-electron chi connectivity index (χ4n) is 2.04. The molecule has 1 aromatic rings. The predicted octanol–water partition coefficient (Wildman–Crippen LogP) is 1.41. The fourth-order valence-corrected chi connectivity index (χ4v) is 2.04. The monoisotopic (exact) mass is 302 g/mol. The van der Waals surface area contributed by atoms with E-state index in [1.807, 2.05) is 5.32 Å². The largest absolute Gasteiger partial charge is 0.383 e. The third kappa shape index (κ3) is 2.58. The SMILES string of the molecule is NC(=O)c1cc(NC(=O)C(F)(F)C2(O)CCC2)ccc1F. The van der Waals surface area contributed by atoms with Crippen LogP contribution in [0.4, 0.5) is 18.9 Å². The van der Waals surface area contributed by atoms with E-state index < -0.39 is 34.7 Å². The second-order valence-electron chi connectivity index (χ2n) is 4.97. The number of nitrogens with two attached hydrogens (primary N) is 1. The first kappa shape index (κ1) is 15.3. The van der Waals surface area contributed by atoms with Crippen LogP contribution in [0.5, 0.6) is 0 Å². The van der Waals surface area contributed by atoms with Gasteiger partial charge in [-0.1, -0.05) is 0 Å². The number of primary amides is 1. The van der Waals surface area contributed by atoms with E-state index in [-0.39, 0.29) is 18.5 Å². The number of anilines is 1. The molecular formula is C13H13F3N2O3. The number of hydrogen-bond acceptors (Lipinski definition) is 3. The number of hydrogen-bond donors (Lipinski definition) is 3. The molecule has 1 saturated carbocycles. The molecule has 1 aromatic carbocycles. The number of rotatable bonds is 4. The van der Waals surface area contributed by atoms with Gasteiger partial charge in [-0.3, -0.25) is 9.59 Å². The number of benzene rings is 1. The molecule has 0 aliphatic heterocycles. The van der Waals surface area contributed by atoms with Gasteiger partial charge < -0.3 is 16.2 Å². The molecule has 0 unspecified atom stereocenters. The summed E-state index contributed by atoms with van der Waals surface area (Å²) < 4.78 is 40.9. The maximum Gasteiger partial charge on any atom is 0.352 e. The second-order valence-corrected chi connectivity index (χ2v) is 4.97. The van der Waals surface area contributed by atoms with Crippen LogP contribution < -0.4 is 11.1 Å². The molecule has 4 N–H and O–H groups in total. The molecule has 0 aromatic heterocycles. The first-order valence-corrected chi connectivity index (χ1v) is 6.18. The summed E-state index contributed by atoms with van der Waals surface area (Å²) in [6, 6.07) is 2.70. The Morgan fingerprint density at radius 2 is 1.95 bits per heavy atom. The lowest BCUT2D eigenvalue weighted by molar-refractivity contribution is -0.212.